The number of amides is 1. The summed E-state index contributed by atoms with van der Waals surface area (Å²) in [6.45, 7) is 2.76. The lowest BCUT2D eigenvalue weighted by Crippen LogP contribution is -2.51. The Hall–Kier alpha value is -0.330. The van der Waals surface area contributed by atoms with E-state index in [4.69, 9.17) is 17.3 Å². The number of nitrogens with two attached hydrogens (primary N) is 1. The van der Waals surface area contributed by atoms with Crippen LogP contribution in [0.15, 0.2) is 18.2 Å². The molecule has 0 radical (unpaired) electrons. The minimum Gasteiger partial charge on any atom is -0.334 e. The maximum atomic E-state index is 12.7. The van der Waals surface area contributed by atoms with Gasteiger partial charge in [-0.05, 0) is 67.0 Å². The number of halogens is 2. The van der Waals surface area contributed by atoms with Gasteiger partial charge in [0.15, 0.2) is 0 Å². The lowest BCUT2D eigenvalue weighted by molar-refractivity contribution is 0.0582. The number of hydrogen-bond donors (Lipinski definition) is 1. The number of hydrogen-bond acceptors (Lipinski definition) is 2. The van der Waals surface area contributed by atoms with Crippen LogP contribution < -0.4 is 5.73 Å². The summed E-state index contributed by atoms with van der Waals surface area (Å²) in [4.78, 5) is 14.6. The molecule has 2 N–H and O–H groups in total. The number of carbonyl (C=O) groups is 1. The molecule has 19 heavy (non-hydrogen) atoms. The predicted molar refractivity (Wildman–Crippen MR) is 86.5 cm³/mol. The van der Waals surface area contributed by atoms with Crippen LogP contribution in [0, 0.1) is 3.57 Å². The van der Waals surface area contributed by atoms with Crippen molar-refractivity contribution in [2.45, 2.75) is 38.3 Å². The Morgan fingerprint density at radius 1 is 1.53 bits per heavy atom. The molecule has 0 saturated carbocycles. The van der Waals surface area contributed by atoms with Crippen molar-refractivity contribution in [1.82, 2.24) is 4.90 Å². The second kappa shape index (κ2) is 6.41. The molecule has 5 heteroatoms. The third-order valence-electron chi connectivity index (χ3n) is 3.58. The molecule has 0 aliphatic carbocycles. The molecule has 1 amide bonds. The molecule has 0 spiro atoms. The number of piperidine rings is 1. The van der Waals surface area contributed by atoms with Crippen LogP contribution in [-0.2, 0) is 0 Å². The van der Waals surface area contributed by atoms with Crippen molar-refractivity contribution in [1.29, 1.82) is 0 Å². The van der Waals surface area contributed by atoms with Gasteiger partial charge in [-0.3, -0.25) is 4.79 Å². The maximum absolute atomic E-state index is 12.7. The van der Waals surface area contributed by atoms with Crippen molar-refractivity contribution in [3.8, 4) is 0 Å². The smallest absolute Gasteiger partial charge is 0.255 e. The van der Waals surface area contributed by atoms with Crippen LogP contribution in [0.2, 0.25) is 5.02 Å². The van der Waals surface area contributed by atoms with E-state index < -0.39 is 0 Å². The number of rotatable bonds is 2. The highest BCUT2D eigenvalue weighted by molar-refractivity contribution is 14.1. The largest absolute Gasteiger partial charge is 0.334 e. The number of carbonyl (C=O) groups excluding carboxylic acids is 1. The van der Waals surface area contributed by atoms with Crippen LogP contribution in [0.5, 0.6) is 0 Å². The van der Waals surface area contributed by atoms with E-state index in [0.717, 1.165) is 29.4 Å². The Morgan fingerprint density at radius 2 is 2.26 bits per heavy atom. The van der Waals surface area contributed by atoms with E-state index in [1.165, 1.54) is 0 Å². The van der Waals surface area contributed by atoms with Gasteiger partial charge in [0.25, 0.3) is 5.91 Å². The quantitative estimate of drug-likeness (QED) is 0.785. The molecule has 1 saturated heterocycles. The summed E-state index contributed by atoms with van der Waals surface area (Å²) >= 11 is 8.18. The average Bonchev–Trinajstić information content (AvgIpc) is 2.40. The van der Waals surface area contributed by atoms with Crippen molar-refractivity contribution in [3.63, 3.8) is 0 Å². The summed E-state index contributed by atoms with van der Waals surface area (Å²) in [7, 11) is 0. The molecule has 2 unspecified atom stereocenters. The highest BCUT2D eigenvalue weighted by atomic mass is 127. The first-order chi connectivity index (χ1) is 9.00. The minimum atomic E-state index is 0.00101. The predicted octanol–water partition coefficient (Wildman–Crippen LogP) is 3.29. The van der Waals surface area contributed by atoms with Crippen molar-refractivity contribution < 1.29 is 4.79 Å². The van der Waals surface area contributed by atoms with Gasteiger partial charge in [-0.1, -0.05) is 11.6 Å². The summed E-state index contributed by atoms with van der Waals surface area (Å²) in [5.41, 5.74) is 6.70. The zero-order valence-electron chi connectivity index (χ0n) is 10.9. The van der Waals surface area contributed by atoms with Gasteiger partial charge < -0.3 is 10.6 Å². The molecule has 104 valence electrons. The molecular formula is C14H18ClIN2O. The summed E-state index contributed by atoms with van der Waals surface area (Å²) in [5.74, 6) is 0.0499. The highest BCUT2D eigenvalue weighted by Gasteiger charge is 2.30. The van der Waals surface area contributed by atoms with Crippen LogP contribution >= 0.6 is 34.2 Å². The standard InChI is InChI=1S/C14H18ClIN2O/c1-9(17)13-4-2-3-7-18(13)14(19)11-8-10(15)5-6-12(11)16/h5-6,8-9,13H,2-4,7,17H2,1H3. The second-order valence-corrected chi connectivity index (χ2v) is 6.64. The van der Waals surface area contributed by atoms with Crippen molar-refractivity contribution >= 4 is 40.1 Å². The molecular weight excluding hydrogens is 375 g/mol. The summed E-state index contributed by atoms with van der Waals surface area (Å²) in [6.07, 6.45) is 3.18. The van der Waals surface area contributed by atoms with Gasteiger partial charge in [0.05, 0.1) is 5.56 Å². The Kier molecular flexibility index (Phi) is 5.09. The van der Waals surface area contributed by atoms with E-state index in [1.807, 2.05) is 17.9 Å². The molecule has 1 aliphatic rings. The normalized spacial score (nSPS) is 21.3. The molecule has 3 nitrogen and oxygen atoms in total. The third-order valence-corrected chi connectivity index (χ3v) is 4.75. The van der Waals surface area contributed by atoms with Crippen LogP contribution in [0.3, 0.4) is 0 Å². The lowest BCUT2D eigenvalue weighted by atomic mass is 9.96. The van der Waals surface area contributed by atoms with Gasteiger partial charge in [0, 0.05) is 27.2 Å². The molecule has 1 aromatic carbocycles. The van der Waals surface area contributed by atoms with E-state index in [1.54, 1.807) is 12.1 Å². The van der Waals surface area contributed by atoms with Crippen molar-refractivity contribution in [2.75, 3.05) is 6.54 Å². The molecule has 2 atom stereocenters. The first-order valence-electron chi connectivity index (χ1n) is 6.52. The van der Waals surface area contributed by atoms with Crippen LogP contribution in [0.1, 0.15) is 36.5 Å². The first-order valence-corrected chi connectivity index (χ1v) is 7.98. The Bertz CT molecular complexity index is 479. The van der Waals surface area contributed by atoms with Gasteiger partial charge in [0.2, 0.25) is 0 Å². The first kappa shape index (κ1) is 15.1. The highest BCUT2D eigenvalue weighted by Crippen LogP contribution is 2.25. The number of nitrogens with zero attached hydrogens (tertiary/aromatic N) is 1. The monoisotopic (exact) mass is 392 g/mol. The van der Waals surface area contributed by atoms with E-state index in [2.05, 4.69) is 22.6 Å². The van der Waals surface area contributed by atoms with E-state index in [-0.39, 0.29) is 18.0 Å². The number of benzene rings is 1. The fraction of sp³-hybridized carbons (Fsp3) is 0.500. The zero-order valence-corrected chi connectivity index (χ0v) is 13.8. The molecule has 0 aromatic heterocycles. The topological polar surface area (TPSA) is 46.3 Å². The SMILES string of the molecule is CC(N)C1CCCCN1C(=O)c1cc(Cl)ccc1I. The van der Waals surface area contributed by atoms with Crippen LogP contribution in [-0.4, -0.2) is 29.4 Å². The van der Waals surface area contributed by atoms with Gasteiger partial charge in [0.1, 0.15) is 0 Å². The summed E-state index contributed by atoms with van der Waals surface area (Å²) in [5, 5.41) is 0.595. The van der Waals surface area contributed by atoms with Crippen molar-refractivity contribution in [3.05, 3.63) is 32.4 Å². The van der Waals surface area contributed by atoms with Crippen LogP contribution in [0.4, 0.5) is 0 Å². The molecule has 2 rings (SSSR count). The van der Waals surface area contributed by atoms with Crippen LogP contribution in [0.25, 0.3) is 0 Å². The molecule has 1 aromatic rings. The second-order valence-electron chi connectivity index (χ2n) is 5.04. The van der Waals surface area contributed by atoms with Gasteiger partial charge in [-0.2, -0.15) is 0 Å². The van der Waals surface area contributed by atoms with E-state index in [9.17, 15) is 4.79 Å². The lowest BCUT2D eigenvalue weighted by Gasteiger charge is -2.38. The van der Waals surface area contributed by atoms with Crippen molar-refractivity contribution in [2.24, 2.45) is 5.73 Å². The third kappa shape index (κ3) is 3.41. The molecule has 0 bridgehead atoms. The maximum Gasteiger partial charge on any atom is 0.255 e. The Labute approximate surface area is 132 Å². The van der Waals surface area contributed by atoms with Gasteiger partial charge >= 0.3 is 0 Å². The number of likely N-dealkylation sites (tertiary alicyclic amines) is 1. The fourth-order valence-corrected chi connectivity index (χ4v) is 3.31. The molecule has 1 fully saturated rings. The minimum absolute atomic E-state index is 0.00101. The van der Waals surface area contributed by atoms with Gasteiger partial charge in [-0.15, -0.1) is 0 Å². The van der Waals surface area contributed by atoms with E-state index in [0.29, 0.717) is 10.6 Å². The Morgan fingerprint density at radius 3 is 2.95 bits per heavy atom. The molecule has 1 heterocycles. The summed E-state index contributed by atoms with van der Waals surface area (Å²) < 4.78 is 0.931. The molecule has 1 aliphatic heterocycles. The summed E-state index contributed by atoms with van der Waals surface area (Å²) in [6, 6.07) is 5.57. The fourth-order valence-electron chi connectivity index (χ4n) is 2.57. The van der Waals surface area contributed by atoms with E-state index >= 15 is 0 Å². The Balaban J connectivity index is 2.28. The average molecular weight is 393 g/mol. The van der Waals surface area contributed by atoms with Gasteiger partial charge in [-0.25, -0.2) is 0 Å². The zero-order chi connectivity index (χ0) is 14.0.